The summed E-state index contributed by atoms with van der Waals surface area (Å²) in [6, 6.07) is 6.70. The number of anilines is 1. The van der Waals surface area contributed by atoms with Crippen LogP contribution >= 0.6 is 0 Å². The number of hydrogen-bond donors (Lipinski definition) is 2. The molecule has 32 heavy (non-hydrogen) atoms. The van der Waals surface area contributed by atoms with E-state index in [-0.39, 0.29) is 0 Å². The molecule has 0 fully saturated rings. The molecular weight excluding hydrogens is 394 g/mol. The monoisotopic (exact) mass is 433 g/mol. The van der Waals surface area contributed by atoms with Gasteiger partial charge in [0.15, 0.2) is 0 Å². The van der Waals surface area contributed by atoms with Gasteiger partial charge in [0, 0.05) is 47.8 Å². The second-order valence-corrected chi connectivity index (χ2v) is 7.76. The molecule has 1 aromatic rings. The second-order valence-electron chi connectivity index (χ2n) is 7.76. The third-order valence-electron chi connectivity index (χ3n) is 4.99. The van der Waals surface area contributed by atoms with E-state index in [1.807, 2.05) is 39.1 Å². The topological polar surface area (TPSA) is 80.0 Å². The van der Waals surface area contributed by atoms with Gasteiger partial charge in [0.25, 0.3) is 0 Å². The highest BCUT2D eigenvalue weighted by molar-refractivity contribution is 6.15. The molecule has 0 aliphatic heterocycles. The number of benzene rings is 1. The van der Waals surface area contributed by atoms with Gasteiger partial charge in [0.05, 0.1) is 13.1 Å². The van der Waals surface area contributed by atoms with Crippen LogP contribution in [0.2, 0.25) is 0 Å². The lowest BCUT2D eigenvalue weighted by molar-refractivity contribution is 1.06. The lowest BCUT2D eigenvalue weighted by atomic mass is 10.0. The maximum Gasteiger partial charge on any atom is 0.0787 e. The van der Waals surface area contributed by atoms with E-state index in [1.54, 1.807) is 6.21 Å². The molecule has 0 spiro atoms. The molecule has 0 aliphatic rings. The summed E-state index contributed by atoms with van der Waals surface area (Å²) in [5.41, 5.74) is 19.8. The summed E-state index contributed by atoms with van der Waals surface area (Å²) in [5, 5.41) is 0. The average molecular weight is 434 g/mol. The fourth-order valence-corrected chi connectivity index (χ4v) is 2.91. The fourth-order valence-electron chi connectivity index (χ4n) is 2.91. The summed E-state index contributed by atoms with van der Waals surface area (Å²) in [4.78, 5) is 11.0. The molecule has 0 aliphatic carbocycles. The smallest absolute Gasteiger partial charge is 0.0787 e. The highest BCUT2D eigenvalue weighted by Crippen LogP contribution is 2.23. The van der Waals surface area contributed by atoms with Crippen molar-refractivity contribution in [2.24, 2.45) is 21.5 Å². The Kier molecular flexibility index (Phi) is 11.6. The zero-order valence-corrected chi connectivity index (χ0v) is 20.4. The predicted molar refractivity (Wildman–Crippen MR) is 143 cm³/mol. The van der Waals surface area contributed by atoms with Gasteiger partial charge in [-0.3, -0.25) is 9.98 Å². The highest BCUT2D eigenvalue weighted by Gasteiger charge is 2.07. The van der Waals surface area contributed by atoms with E-state index in [4.69, 9.17) is 11.5 Å². The van der Waals surface area contributed by atoms with Crippen LogP contribution in [0.3, 0.4) is 0 Å². The van der Waals surface area contributed by atoms with Gasteiger partial charge in [-0.25, -0.2) is 0 Å². The van der Waals surface area contributed by atoms with Crippen LogP contribution in [0.25, 0.3) is 0 Å². The molecule has 0 saturated carbocycles. The normalized spacial score (nSPS) is 13.5. The Morgan fingerprint density at radius 2 is 1.69 bits per heavy atom. The van der Waals surface area contributed by atoms with Gasteiger partial charge in [-0.1, -0.05) is 38.6 Å². The molecule has 0 radical (unpaired) electrons. The molecule has 172 valence electrons. The van der Waals surface area contributed by atoms with Gasteiger partial charge in [-0.2, -0.15) is 0 Å². The SMILES string of the molecule is C=C/C(=C\C=C(\N)CN=C(C)C(C=NCC(=C)C)=CN)N(C)c1cc(CC)cc(CC)c1. The number of allylic oxidation sites excluding steroid dienone is 4. The third-order valence-corrected chi connectivity index (χ3v) is 4.99. The highest BCUT2D eigenvalue weighted by atomic mass is 15.1. The first-order valence-electron chi connectivity index (χ1n) is 11.0. The summed E-state index contributed by atoms with van der Waals surface area (Å²) in [5.74, 6) is 0. The molecule has 5 nitrogen and oxygen atoms in total. The molecule has 0 amide bonds. The zero-order chi connectivity index (χ0) is 24.1. The van der Waals surface area contributed by atoms with Crippen molar-refractivity contribution in [1.82, 2.24) is 0 Å². The minimum Gasteiger partial charge on any atom is -0.404 e. The first-order chi connectivity index (χ1) is 15.2. The molecule has 5 heteroatoms. The first kappa shape index (κ1) is 26.7. The number of aliphatic imine (C=N–C) groups is 2. The summed E-state index contributed by atoms with van der Waals surface area (Å²) in [6.07, 6.45) is 10.9. The molecule has 0 unspecified atom stereocenters. The van der Waals surface area contributed by atoms with Gasteiger partial charge in [-0.15, -0.1) is 0 Å². The van der Waals surface area contributed by atoms with Crippen LogP contribution in [0.15, 0.2) is 88.3 Å². The maximum atomic E-state index is 6.20. The molecule has 4 N–H and O–H groups in total. The lowest BCUT2D eigenvalue weighted by Gasteiger charge is -2.22. The first-order valence-corrected chi connectivity index (χ1v) is 11.0. The standard InChI is InChI=1S/C27H39N5/c1-8-22-13-23(9-2)15-27(14-22)32(7)26(10-3)12-11-25(29)19-31-21(6)24(16-28)18-30-17-20(4)5/h10-16,18H,3-4,8-9,17,19,28-29H2,1-2,5-7H3/b24-16?,25-11+,26-12+,30-18?,31-21?. The van der Waals surface area contributed by atoms with Crippen LogP contribution in [0.1, 0.15) is 38.8 Å². The Balaban J connectivity index is 2.98. The van der Waals surface area contributed by atoms with Gasteiger partial charge in [0.1, 0.15) is 0 Å². The fraction of sp³-hybridized carbons (Fsp3) is 0.333. The minimum absolute atomic E-state index is 0.368. The minimum atomic E-state index is 0.368. The quantitative estimate of drug-likeness (QED) is 0.273. The van der Waals surface area contributed by atoms with E-state index < -0.39 is 0 Å². The Bertz CT molecular complexity index is 923. The summed E-state index contributed by atoms with van der Waals surface area (Å²) in [7, 11) is 2.04. The van der Waals surface area contributed by atoms with Crippen LogP contribution in [-0.2, 0) is 12.8 Å². The van der Waals surface area contributed by atoms with Gasteiger partial charge >= 0.3 is 0 Å². The summed E-state index contributed by atoms with van der Waals surface area (Å²) >= 11 is 0. The van der Waals surface area contributed by atoms with E-state index in [0.29, 0.717) is 18.8 Å². The van der Waals surface area contributed by atoms with Crippen LogP contribution in [0.5, 0.6) is 0 Å². The van der Waals surface area contributed by atoms with Gasteiger partial charge in [-0.05, 0) is 68.2 Å². The molecule has 0 heterocycles. The number of nitrogens with two attached hydrogens (primary N) is 2. The molecular formula is C27H39N5. The number of aryl methyl sites for hydroxylation is 2. The predicted octanol–water partition coefficient (Wildman–Crippen LogP) is 5.11. The van der Waals surface area contributed by atoms with Crippen molar-refractivity contribution in [2.45, 2.75) is 40.5 Å². The summed E-state index contributed by atoms with van der Waals surface area (Å²) < 4.78 is 0. The number of rotatable bonds is 12. The molecule has 0 bridgehead atoms. The van der Waals surface area contributed by atoms with E-state index in [9.17, 15) is 0 Å². The van der Waals surface area contributed by atoms with Crippen LogP contribution in [0, 0.1) is 0 Å². The van der Waals surface area contributed by atoms with Gasteiger partial charge < -0.3 is 16.4 Å². The van der Waals surface area contributed by atoms with Crippen molar-refractivity contribution in [2.75, 3.05) is 25.0 Å². The third kappa shape index (κ3) is 8.80. The lowest BCUT2D eigenvalue weighted by Crippen LogP contribution is -2.15. The Labute approximate surface area is 194 Å². The van der Waals surface area contributed by atoms with E-state index >= 15 is 0 Å². The molecule has 1 rings (SSSR count). The van der Waals surface area contributed by atoms with Gasteiger partial charge in [0.2, 0.25) is 0 Å². The van der Waals surface area contributed by atoms with Crippen molar-refractivity contribution in [1.29, 1.82) is 0 Å². The van der Waals surface area contributed by atoms with E-state index in [0.717, 1.165) is 41.1 Å². The Morgan fingerprint density at radius 3 is 2.19 bits per heavy atom. The average Bonchev–Trinajstić information content (AvgIpc) is 2.79. The zero-order valence-electron chi connectivity index (χ0n) is 20.4. The van der Waals surface area contributed by atoms with Crippen molar-refractivity contribution >= 4 is 17.6 Å². The van der Waals surface area contributed by atoms with E-state index in [1.165, 1.54) is 17.3 Å². The van der Waals surface area contributed by atoms with Crippen LogP contribution < -0.4 is 16.4 Å². The number of nitrogens with zero attached hydrogens (tertiary/aromatic N) is 3. The van der Waals surface area contributed by atoms with E-state index in [2.05, 4.69) is 60.1 Å². The number of hydrogen-bond acceptors (Lipinski definition) is 5. The molecule has 0 atom stereocenters. The van der Waals surface area contributed by atoms with Crippen molar-refractivity contribution in [3.8, 4) is 0 Å². The molecule has 0 aromatic heterocycles. The molecule has 1 aromatic carbocycles. The number of likely N-dealkylation sites (N-methyl/N-ethyl adjacent to an activating group) is 1. The van der Waals surface area contributed by atoms with Crippen molar-refractivity contribution in [3.63, 3.8) is 0 Å². The maximum absolute atomic E-state index is 6.20. The van der Waals surface area contributed by atoms with Crippen LogP contribution in [-0.4, -0.2) is 32.1 Å². The largest absolute Gasteiger partial charge is 0.404 e. The van der Waals surface area contributed by atoms with Crippen molar-refractivity contribution < 1.29 is 0 Å². The summed E-state index contributed by atoms with van der Waals surface area (Å²) in [6.45, 7) is 16.9. The second kappa shape index (κ2) is 13.9. The van der Waals surface area contributed by atoms with Crippen molar-refractivity contribution in [3.05, 3.63) is 89.5 Å². The Morgan fingerprint density at radius 1 is 1.06 bits per heavy atom. The molecule has 0 saturated heterocycles. The Hall–Kier alpha value is -3.34. The van der Waals surface area contributed by atoms with Crippen LogP contribution in [0.4, 0.5) is 5.69 Å².